The molecule has 0 aliphatic carbocycles. The van der Waals surface area contributed by atoms with Crippen molar-refractivity contribution in [2.45, 2.75) is 46.2 Å². The van der Waals surface area contributed by atoms with Crippen molar-refractivity contribution < 1.29 is 18.7 Å². The minimum atomic E-state index is -0.418. The lowest BCUT2D eigenvalue weighted by Crippen LogP contribution is -2.45. The van der Waals surface area contributed by atoms with Gasteiger partial charge in [-0.25, -0.2) is 9.79 Å². The summed E-state index contributed by atoms with van der Waals surface area (Å²) in [6.07, 6.45) is 1.42. The molecule has 1 aliphatic rings. The number of carbonyl (C=O) groups excluding carboxylic acids is 2. The molecule has 2 heterocycles. The number of furan rings is 1. The molecule has 27 heavy (non-hydrogen) atoms. The third-order valence-corrected chi connectivity index (χ3v) is 4.30. The molecule has 0 radical (unpaired) electrons. The zero-order valence-electron chi connectivity index (χ0n) is 16.3. The van der Waals surface area contributed by atoms with E-state index in [1.54, 1.807) is 13.0 Å². The Balaban J connectivity index is 0.00000364. The first-order valence-corrected chi connectivity index (χ1v) is 8.98. The van der Waals surface area contributed by atoms with Gasteiger partial charge in [0.05, 0.1) is 7.11 Å². The molecule has 1 saturated heterocycles. The van der Waals surface area contributed by atoms with E-state index < -0.39 is 5.97 Å². The molecule has 8 nitrogen and oxygen atoms in total. The van der Waals surface area contributed by atoms with E-state index in [4.69, 9.17) is 9.15 Å². The van der Waals surface area contributed by atoms with Crippen LogP contribution in [0.4, 0.5) is 0 Å². The maximum absolute atomic E-state index is 11.8. The van der Waals surface area contributed by atoms with Gasteiger partial charge in [0.15, 0.2) is 5.96 Å². The molecule has 1 unspecified atom stereocenters. The lowest BCUT2D eigenvalue weighted by atomic mass is 10.2. The Morgan fingerprint density at radius 2 is 2.15 bits per heavy atom. The van der Waals surface area contributed by atoms with E-state index in [1.165, 1.54) is 7.11 Å². The number of amides is 1. The summed E-state index contributed by atoms with van der Waals surface area (Å²) >= 11 is 0. The molecule has 0 bridgehead atoms. The molecule has 2 N–H and O–H groups in total. The first-order chi connectivity index (χ1) is 12.5. The summed E-state index contributed by atoms with van der Waals surface area (Å²) in [5.41, 5.74) is 0.417. The molecule has 0 aromatic carbocycles. The van der Waals surface area contributed by atoms with Gasteiger partial charge in [0.2, 0.25) is 5.91 Å². The molecular weight excluding hydrogens is 463 g/mol. The number of halogens is 1. The summed E-state index contributed by atoms with van der Waals surface area (Å²) in [6, 6.07) is 1.83. The van der Waals surface area contributed by atoms with Crippen LogP contribution in [0.1, 0.15) is 48.6 Å². The van der Waals surface area contributed by atoms with Crippen molar-refractivity contribution in [2.24, 2.45) is 4.99 Å². The highest BCUT2D eigenvalue weighted by Gasteiger charge is 2.25. The van der Waals surface area contributed by atoms with Gasteiger partial charge < -0.3 is 24.7 Å². The van der Waals surface area contributed by atoms with Crippen LogP contribution in [0.5, 0.6) is 0 Å². The third kappa shape index (κ3) is 6.40. The smallest absolute Gasteiger partial charge is 0.341 e. The van der Waals surface area contributed by atoms with E-state index >= 15 is 0 Å². The number of hydrogen-bond acceptors (Lipinski definition) is 5. The lowest BCUT2D eigenvalue weighted by molar-refractivity contribution is -0.129. The van der Waals surface area contributed by atoms with Gasteiger partial charge in [0, 0.05) is 32.1 Å². The van der Waals surface area contributed by atoms with Crippen LogP contribution in [0.3, 0.4) is 0 Å². The summed E-state index contributed by atoms with van der Waals surface area (Å²) in [5.74, 6) is 1.53. The number of nitrogens with zero attached hydrogens (tertiary/aromatic N) is 2. The minimum Gasteiger partial charge on any atom is -0.465 e. The van der Waals surface area contributed by atoms with Crippen molar-refractivity contribution in [1.82, 2.24) is 15.5 Å². The van der Waals surface area contributed by atoms with E-state index in [0.717, 1.165) is 19.5 Å². The topological polar surface area (TPSA) is 96.2 Å². The first-order valence-electron chi connectivity index (χ1n) is 8.98. The van der Waals surface area contributed by atoms with Crippen LogP contribution >= 0.6 is 24.0 Å². The minimum absolute atomic E-state index is 0. The standard InChI is InChI=1S/C18H28N4O4.HI/c1-5-16(23)22-8-7-13(11-22)21-18(19-6-2)20-10-14-9-15(12(3)26-14)17(24)25-4;/h9,13H,5-8,10-11H2,1-4H3,(H2,19,20,21);1H. The largest absolute Gasteiger partial charge is 0.465 e. The summed E-state index contributed by atoms with van der Waals surface area (Å²) in [6.45, 7) is 8.07. The molecule has 1 aromatic heterocycles. The SMILES string of the molecule is CCNC(=NCc1cc(C(=O)OC)c(C)o1)NC1CCN(C(=O)CC)C1.I. The highest BCUT2D eigenvalue weighted by Crippen LogP contribution is 2.16. The average molecular weight is 492 g/mol. The fourth-order valence-electron chi connectivity index (χ4n) is 2.93. The van der Waals surface area contributed by atoms with E-state index in [1.807, 2.05) is 18.7 Å². The summed E-state index contributed by atoms with van der Waals surface area (Å²) in [5, 5.41) is 6.56. The van der Waals surface area contributed by atoms with Crippen molar-refractivity contribution >= 4 is 41.8 Å². The Bertz CT molecular complexity index is 674. The number of guanidine groups is 1. The van der Waals surface area contributed by atoms with Gasteiger partial charge in [-0.1, -0.05) is 6.92 Å². The summed E-state index contributed by atoms with van der Waals surface area (Å²) in [4.78, 5) is 29.8. The van der Waals surface area contributed by atoms with E-state index in [9.17, 15) is 9.59 Å². The molecule has 0 saturated carbocycles. The number of hydrogen-bond donors (Lipinski definition) is 2. The number of aliphatic imine (C=N–C) groups is 1. The zero-order chi connectivity index (χ0) is 19.1. The maximum Gasteiger partial charge on any atom is 0.341 e. The van der Waals surface area contributed by atoms with Crippen LogP contribution in [0.2, 0.25) is 0 Å². The predicted molar refractivity (Wildman–Crippen MR) is 113 cm³/mol. The number of nitrogens with one attached hydrogen (secondary N) is 2. The predicted octanol–water partition coefficient (Wildman–Crippen LogP) is 2.06. The Hall–Kier alpha value is -1.78. The fourth-order valence-corrected chi connectivity index (χ4v) is 2.93. The second-order valence-electron chi connectivity index (χ2n) is 6.19. The summed E-state index contributed by atoms with van der Waals surface area (Å²) in [7, 11) is 1.34. The third-order valence-electron chi connectivity index (χ3n) is 4.30. The van der Waals surface area contributed by atoms with Crippen molar-refractivity contribution in [3.8, 4) is 0 Å². The highest BCUT2D eigenvalue weighted by atomic mass is 127. The van der Waals surface area contributed by atoms with Gasteiger partial charge >= 0.3 is 5.97 Å². The Morgan fingerprint density at radius 1 is 1.41 bits per heavy atom. The normalized spacial score (nSPS) is 16.7. The van der Waals surface area contributed by atoms with Crippen LogP contribution in [-0.2, 0) is 16.1 Å². The van der Waals surface area contributed by atoms with Crippen molar-refractivity contribution in [3.05, 3.63) is 23.2 Å². The second-order valence-corrected chi connectivity index (χ2v) is 6.19. The molecule has 0 spiro atoms. The van der Waals surface area contributed by atoms with Gasteiger partial charge in [0.25, 0.3) is 0 Å². The number of aryl methyl sites for hydroxylation is 1. The number of carbonyl (C=O) groups is 2. The Morgan fingerprint density at radius 3 is 2.78 bits per heavy atom. The summed E-state index contributed by atoms with van der Waals surface area (Å²) < 4.78 is 10.3. The molecule has 1 atom stereocenters. The fraction of sp³-hybridized carbons (Fsp3) is 0.611. The van der Waals surface area contributed by atoms with Crippen molar-refractivity contribution in [3.63, 3.8) is 0 Å². The Kier molecular flexibility index (Phi) is 9.61. The van der Waals surface area contributed by atoms with E-state index in [0.29, 0.717) is 42.6 Å². The lowest BCUT2D eigenvalue weighted by Gasteiger charge is -2.18. The van der Waals surface area contributed by atoms with Crippen LogP contribution in [0, 0.1) is 6.92 Å². The number of methoxy groups -OCH3 is 1. The molecular formula is C18H29IN4O4. The van der Waals surface area contributed by atoms with Crippen LogP contribution in [0.15, 0.2) is 15.5 Å². The quantitative estimate of drug-likeness (QED) is 0.273. The number of esters is 1. The van der Waals surface area contributed by atoms with Gasteiger partial charge in [0.1, 0.15) is 23.6 Å². The molecule has 9 heteroatoms. The van der Waals surface area contributed by atoms with Crippen LogP contribution in [0.25, 0.3) is 0 Å². The van der Waals surface area contributed by atoms with E-state index in [-0.39, 0.29) is 35.9 Å². The molecule has 1 aromatic rings. The number of ether oxygens (including phenoxy) is 1. The van der Waals surface area contributed by atoms with Crippen molar-refractivity contribution in [2.75, 3.05) is 26.7 Å². The second kappa shape index (κ2) is 11.2. The van der Waals surface area contributed by atoms with Gasteiger partial charge in [-0.15, -0.1) is 24.0 Å². The average Bonchev–Trinajstić information content (AvgIpc) is 3.25. The maximum atomic E-state index is 11.8. The first kappa shape index (κ1) is 23.3. The molecule has 1 amide bonds. The molecule has 1 aliphatic heterocycles. The van der Waals surface area contributed by atoms with Crippen molar-refractivity contribution in [1.29, 1.82) is 0 Å². The molecule has 2 rings (SSSR count). The number of likely N-dealkylation sites (tertiary alicyclic amines) is 1. The van der Waals surface area contributed by atoms with Gasteiger partial charge in [-0.2, -0.15) is 0 Å². The monoisotopic (exact) mass is 492 g/mol. The Labute approximate surface area is 177 Å². The van der Waals surface area contributed by atoms with E-state index in [2.05, 4.69) is 15.6 Å². The van der Waals surface area contributed by atoms with Gasteiger partial charge in [-0.3, -0.25) is 4.79 Å². The molecule has 1 fully saturated rings. The van der Waals surface area contributed by atoms with Crippen LogP contribution in [-0.4, -0.2) is 55.5 Å². The molecule has 152 valence electrons. The number of rotatable bonds is 6. The van der Waals surface area contributed by atoms with Gasteiger partial charge in [-0.05, 0) is 26.3 Å². The van der Waals surface area contributed by atoms with Crippen LogP contribution < -0.4 is 10.6 Å². The zero-order valence-corrected chi connectivity index (χ0v) is 18.7. The highest BCUT2D eigenvalue weighted by molar-refractivity contribution is 14.0.